The quantitative estimate of drug-likeness (QED) is 0.554. The molecule has 9 heteroatoms. The van der Waals surface area contributed by atoms with Gasteiger partial charge in [-0.1, -0.05) is 18.2 Å². The Morgan fingerprint density at radius 3 is 2.84 bits per heavy atom. The predicted molar refractivity (Wildman–Crippen MR) is 120 cm³/mol. The summed E-state index contributed by atoms with van der Waals surface area (Å²) < 4.78 is 8.26. The molecule has 9 nitrogen and oxygen atoms in total. The summed E-state index contributed by atoms with van der Waals surface area (Å²) in [5.41, 5.74) is 6.88. The van der Waals surface area contributed by atoms with E-state index in [0.29, 0.717) is 30.8 Å². The third-order valence-corrected chi connectivity index (χ3v) is 6.67. The van der Waals surface area contributed by atoms with Crippen molar-refractivity contribution in [2.75, 3.05) is 13.1 Å². The third-order valence-electron chi connectivity index (χ3n) is 6.67. The molecule has 1 atom stereocenters. The van der Waals surface area contributed by atoms with E-state index < -0.39 is 11.3 Å². The van der Waals surface area contributed by atoms with Gasteiger partial charge in [-0.2, -0.15) is 0 Å². The number of ether oxygens (including phenoxy) is 1. The minimum absolute atomic E-state index is 0.306. The summed E-state index contributed by atoms with van der Waals surface area (Å²) in [5, 5.41) is 1.18. The second-order valence-corrected chi connectivity index (χ2v) is 8.89. The van der Waals surface area contributed by atoms with Gasteiger partial charge in [-0.3, -0.25) is 24.5 Å². The lowest BCUT2D eigenvalue weighted by molar-refractivity contribution is -0.118. The number of carbonyl (C=O) groups excluding carboxylic acids is 1. The van der Waals surface area contributed by atoms with Crippen LogP contribution in [-0.4, -0.2) is 44.0 Å². The standard InChI is InChI=1S/C23H27N5O4/c24-19(29)6-10-28-14-15(16-4-1-2-5-18(16)28)13-27-9-3-7-23(8-11-27)12-17-20(30)25-22(31)26-21(17)32-23/h1-2,4-5,14H,3,6-13H2,(H2,24,29)(H2,25,26,30,31). The molecule has 4 heterocycles. The summed E-state index contributed by atoms with van der Waals surface area (Å²) in [5.74, 6) is 0.0182. The fourth-order valence-corrected chi connectivity index (χ4v) is 5.08. The van der Waals surface area contributed by atoms with Gasteiger partial charge in [0.25, 0.3) is 5.56 Å². The molecule has 1 amide bonds. The van der Waals surface area contributed by atoms with Gasteiger partial charge in [0.1, 0.15) is 5.60 Å². The van der Waals surface area contributed by atoms with E-state index in [-0.39, 0.29) is 11.5 Å². The molecule has 0 radical (unpaired) electrons. The van der Waals surface area contributed by atoms with Gasteiger partial charge in [0.15, 0.2) is 0 Å². The largest absolute Gasteiger partial charge is 0.472 e. The van der Waals surface area contributed by atoms with Gasteiger partial charge in [0.05, 0.1) is 5.56 Å². The zero-order valence-electron chi connectivity index (χ0n) is 17.9. The summed E-state index contributed by atoms with van der Waals surface area (Å²) in [6, 6.07) is 8.22. The molecule has 2 aliphatic heterocycles. The summed E-state index contributed by atoms with van der Waals surface area (Å²) in [6.07, 6.45) is 5.51. The average molecular weight is 438 g/mol. The molecular weight excluding hydrogens is 410 g/mol. The van der Waals surface area contributed by atoms with Crippen LogP contribution in [0.1, 0.15) is 36.8 Å². The van der Waals surface area contributed by atoms with Crippen LogP contribution >= 0.6 is 0 Å². The van der Waals surface area contributed by atoms with E-state index in [9.17, 15) is 14.4 Å². The number of benzene rings is 1. The van der Waals surface area contributed by atoms with Crippen LogP contribution in [0.4, 0.5) is 0 Å². The van der Waals surface area contributed by atoms with Gasteiger partial charge in [-0.05, 0) is 31.0 Å². The second kappa shape index (κ2) is 7.98. The first kappa shape index (κ1) is 20.6. The van der Waals surface area contributed by atoms with Crippen LogP contribution < -0.4 is 21.7 Å². The lowest BCUT2D eigenvalue weighted by Gasteiger charge is -2.27. The maximum atomic E-state index is 12.2. The van der Waals surface area contributed by atoms with E-state index >= 15 is 0 Å². The molecule has 0 bridgehead atoms. The first-order chi connectivity index (χ1) is 15.4. The number of aryl methyl sites for hydroxylation is 1. The number of likely N-dealkylation sites (tertiary alicyclic amines) is 1. The Hall–Kier alpha value is -3.33. The Balaban J connectivity index is 1.33. The highest BCUT2D eigenvalue weighted by Gasteiger charge is 2.42. The highest BCUT2D eigenvalue weighted by Crippen LogP contribution is 2.38. The van der Waals surface area contributed by atoms with Crippen LogP contribution in [0.3, 0.4) is 0 Å². The van der Waals surface area contributed by atoms with Crippen molar-refractivity contribution in [3.05, 3.63) is 62.4 Å². The number of nitrogens with two attached hydrogens (primary N) is 1. The van der Waals surface area contributed by atoms with Crippen molar-refractivity contribution in [2.24, 2.45) is 5.73 Å². The van der Waals surface area contributed by atoms with E-state index in [0.717, 1.165) is 44.4 Å². The van der Waals surface area contributed by atoms with Crippen LogP contribution in [0.2, 0.25) is 0 Å². The highest BCUT2D eigenvalue weighted by molar-refractivity contribution is 5.84. The molecule has 5 rings (SSSR count). The van der Waals surface area contributed by atoms with Crippen LogP contribution in [0, 0.1) is 0 Å². The van der Waals surface area contributed by atoms with Crippen LogP contribution in [0.15, 0.2) is 40.1 Å². The number of fused-ring (bicyclic) bond motifs is 2. The molecule has 3 aromatic rings. The van der Waals surface area contributed by atoms with E-state index in [1.807, 2.05) is 12.1 Å². The average Bonchev–Trinajstić information content (AvgIpc) is 3.22. The smallest absolute Gasteiger partial charge is 0.328 e. The van der Waals surface area contributed by atoms with Crippen molar-refractivity contribution < 1.29 is 9.53 Å². The normalized spacial score (nSPS) is 20.9. The van der Waals surface area contributed by atoms with Crippen LogP contribution in [0.25, 0.3) is 10.9 Å². The zero-order chi connectivity index (χ0) is 22.3. The molecule has 1 saturated heterocycles. The van der Waals surface area contributed by atoms with Crippen molar-refractivity contribution in [1.82, 2.24) is 19.4 Å². The number of rotatable bonds is 5. The number of H-pyrrole nitrogens is 2. The van der Waals surface area contributed by atoms with Gasteiger partial charge >= 0.3 is 5.69 Å². The number of carbonyl (C=O) groups is 1. The van der Waals surface area contributed by atoms with Crippen molar-refractivity contribution in [1.29, 1.82) is 0 Å². The van der Waals surface area contributed by atoms with E-state index in [1.165, 1.54) is 10.9 Å². The molecule has 2 aliphatic rings. The molecule has 1 aromatic carbocycles. The molecular formula is C23H27N5O4. The summed E-state index contributed by atoms with van der Waals surface area (Å²) >= 11 is 0. The van der Waals surface area contributed by atoms with E-state index in [1.54, 1.807) is 0 Å². The molecule has 1 fully saturated rings. The van der Waals surface area contributed by atoms with Crippen LogP contribution in [0.5, 0.6) is 5.88 Å². The number of nitrogens with zero attached hydrogens (tertiary/aromatic N) is 2. The minimum atomic E-state index is -0.534. The van der Waals surface area contributed by atoms with Gasteiger partial charge in [0, 0.05) is 56.0 Å². The Labute approximate surface area is 184 Å². The molecule has 2 aromatic heterocycles. The Morgan fingerprint density at radius 2 is 2.00 bits per heavy atom. The summed E-state index contributed by atoms with van der Waals surface area (Å²) in [6.45, 7) is 3.12. The number of para-hydroxylation sites is 1. The number of primary amides is 1. The fourth-order valence-electron chi connectivity index (χ4n) is 5.08. The first-order valence-corrected chi connectivity index (χ1v) is 11.0. The lowest BCUT2D eigenvalue weighted by Crippen LogP contribution is -2.36. The summed E-state index contributed by atoms with van der Waals surface area (Å²) in [4.78, 5) is 42.4. The number of amides is 1. The minimum Gasteiger partial charge on any atom is -0.472 e. The van der Waals surface area contributed by atoms with E-state index in [2.05, 4.69) is 37.8 Å². The molecule has 168 valence electrons. The van der Waals surface area contributed by atoms with Gasteiger partial charge in [-0.25, -0.2) is 4.79 Å². The monoisotopic (exact) mass is 437 g/mol. The fraction of sp³-hybridized carbons (Fsp3) is 0.435. The van der Waals surface area contributed by atoms with Gasteiger partial charge < -0.3 is 15.0 Å². The maximum Gasteiger partial charge on any atom is 0.328 e. The Kier molecular flexibility index (Phi) is 5.13. The van der Waals surface area contributed by atoms with Crippen LogP contribution in [-0.2, 0) is 24.3 Å². The van der Waals surface area contributed by atoms with Gasteiger partial charge in [-0.15, -0.1) is 0 Å². The molecule has 0 saturated carbocycles. The lowest BCUT2D eigenvalue weighted by atomic mass is 9.90. The van der Waals surface area contributed by atoms with Crippen molar-refractivity contribution in [2.45, 2.75) is 50.8 Å². The molecule has 1 unspecified atom stereocenters. The predicted octanol–water partition coefficient (Wildman–Crippen LogP) is 1.25. The number of hydrogen-bond acceptors (Lipinski definition) is 5. The number of hydrogen-bond donors (Lipinski definition) is 3. The molecule has 1 spiro atoms. The first-order valence-electron chi connectivity index (χ1n) is 11.0. The van der Waals surface area contributed by atoms with E-state index in [4.69, 9.17) is 10.5 Å². The maximum absolute atomic E-state index is 12.2. The second-order valence-electron chi connectivity index (χ2n) is 8.89. The number of aromatic amines is 2. The van der Waals surface area contributed by atoms with Crippen molar-refractivity contribution in [3.8, 4) is 5.88 Å². The number of nitrogens with one attached hydrogen (secondary N) is 2. The summed E-state index contributed by atoms with van der Waals surface area (Å²) in [7, 11) is 0. The Morgan fingerprint density at radius 1 is 1.16 bits per heavy atom. The molecule has 0 aliphatic carbocycles. The van der Waals surface area contributed by atoms with Crippen molar-refractivity contribution in [3.63, 3.8) is 0 Å². The zero-order valence-corrected chi connectivity index (χ0v) is 17.9. The molecule has 32 heavy (non-hydrogen) atoms. The Bertz CT molecular complexity index is 1290. The SMILES string of the molecule is NC(=O)CCn1cc(CN2CCCC3(CC2)Cc2c([nH]c(=O)[nH]c2=O)O3)c2ccccc21. The third kappa shape index (κ3) is 3.84. The highest BCUT2D eigenvalue weighted by atomic mass is 16.5. The topological polar surface area (TPSA) is 126 Å². The number of aromatic nitrogens is 3. The van der Waals surface area contributed by atoms with Crippen molar-refractivity contribution >= 4 is 16.8 Å². The molecule has 4 N–H and O–H groups in total. The van der Waals surface area contributed by atoms with Gasteiger partial charge in [0.2, 0.25) is 11.8 Å².